The lowest BCUT2D eigenvalue weighted by Gasteiger charge is -2.36. The van der Waals surface area contributed by atoms with Gasteiger partial charge in [-0.2, -0.15) is 11.8 Å². The summed E-state index contributed by atoms with van der Waals surface area (Å²) in [6.07, 6.45) is -0.0397. The Bertz CT molecular complexity index is 1290. The molecule has 10 heteroatoms. The van der Waals surface area contributed by atoms with Gasteiger partial charge in [0.15, 0.2) is 6.29 Å². The van der Waals surface area contributed by atoms with Crippen LogP contribution in [0.2, 0.25) is 0 Å². The highest BCUT2D eigenvalue weighted by atomic mass is 32.2. The maximum Gasteiger partial charge on any atom is 0.325 e. The van der Waals surface area contributed by atoms with Crippen LogP contribution in [0.5, 0.6) is 0 Å². The van der Waals surface area contributed by atoms with Gasteiger partial charge in [0.25, 0.3) is 0 Å². The maximum absolute atomic E-state index is 12.0. The molecule has 0 saturated carbocycles. The van der Waals surface area contributed by atoms with Crippen molar-refractivity contribution < 1.29 is 34.0 Å². The van der Waals surface area contributed by atoms with Gasteiger partial charge in [-0.3, -0.25) is 4.79 Å². The topological polar surface area (TPSA) is 126 Å². The number of hydrogen-bond acceptors (Lipinski definition) is 8. The Labute approximate surface area is 250 Å². The van der Waals surface area contributed by atoms with E-state index in [1.807, 2.05) is 72.8 Å². The van der Waals surface area contributed by atoms with E-state index in [0.29, 0.717) is 18.7 Å². The minimum Gasteiger partial charge on any atom is -0.465 e. The van der Waals surface area contributed by atoms with Gasteiger partial charge in [0.05, 0.1) is 32.0 Å². The molecule has 0 aliphatic carbocycles. The van der Waals surface area contributed by atoms with Gasteiger partial charge in [-0.25, -0.2) is 4.79 Å². The van der Waals surface area contributed by atoms with Gasteiger partial charge >= 0.3 is 12.0 Å². The summed E-state index contributed by atoms with van der Waals surface area (Å²) in [4.78, 5) is 23.5. The summed E-state index contributed by atoms with van der Waals surface area (Å²) in [5.74, 6) is 0.930. The highest BCUT2D eigenvalue weighted by molar-refractivity contribution is 7.99. The molecule has 3 aromatic carbocycles. The van der Waals surface area contributed by atoms with E-state index in [4.69, 9.17) is 14.2 Å². The van der Waals surface area contributed by atoms with E-state index in [9.17, 15) is 19.8 Å². The predicted octanol–water partition coefficient (Wildman–Crippen LogP) is 4.48. The Morgan fingerprint density at radius 3 is 2.40 bits per heavy atom. The van der Waals surface area contributed by atoms with Crippen LogP contribution in [0.25, 0.3) is 11.1 Å². The Balaban J connectivity index is 1.41. The van der Waals surface area contributed by atoms with Crippen LogP contribution in [-0.2, 0) is 32.2 Å². The molecule has 1 aliphatic rings. The number of esters is 1. The molecule has 3 atom stereocenters. The molecule has 0 spiro atoms. The van der Waals surface area contributed by atoms with Crippen molar-refractivity contribution in [2.75, 3.05) is 31.3 Å². The Morgan fingerprint density at radius 2 is 1.69 bits per heavy atom. The molecule has 1 aliphatic heterocycles. The highest BCUT2D eigenvalue weighted by Crippen LogP contribution is 2.39. The molecule has 2 amide bonds. The monoisotopic (exact) mass is 594 g/mol. The average molecular weight is 595 g/mol. The van der Waals surface area contributed by atoms with Crippen molar-refractivity contribution in [3.8, 4) is 11.1 Å². The lowest BCUT2D eigenvalue weighted by molar-refractivity contribution is -0.245. The largest absolute Gasteiger partial charge is 0.465 e. The zero-order valence-corrected chi connectivity index (χ0v) is 24.5. The van der Waals surface area contributed by atoms with Crippen molar-refractivity contribution >= 4 is 23.8 Å². The number of thioether (sulfide) groups is 1. The standard InChI is InChI=1S/C32H38N2O7S/c1-2-39-30(37)19-34-32(38)33-18-23-4-3-5-27(16-23)24-10-12-26(13-11-24)31-40-28(21-42-15-14-35)17-29(41-31)25-8-6-22(20-36)7-9-25/h3-13,16,28-29,31,35-36H,2,14-15,17-21H2,1H3,(H2,33,34,38). The third-order valence-corrected chi connectivity index (χ3v) is 7.83. The van der Waals surface area contributed by atoms with Gasteiger partial charge in [0.2, 0.25) is 0 Å². The van der Waals surface area contributed by atoms with Crippen LogP contribution in [0.1, 0.15) is 48.0 Å². The number of carbonyl (C=O) groups excluding carboxylic acids is 2. The average Bonchev–Trinajstić information content (AvgIpc) is 3.03. The first-order valence-corrected chi connectivity index (χ1v) is 15.2. The van der Waals surface area contributed by atoms with Crippen molar-refractivity contribution in [3.63, 3.8) is 0 Å². The fourth-order valence-electron chi connectivity index (χ4n) is 4.60. The number of benzene rings is 3. The predicted molar refractivity (Wildman–Crippen MR) is 162 cm³/mol. The number of urea groups is 1. The molecular weight excluding hydrogens is 556 g/mol. The van der Waals surface area contributed by atoms with Gasteiger partial charge in [0, 0.05) is 30.0 Å². The molecule has 0 bridgehead atoms. The minimum absolute atomic E-state index is 0.00378. The van der Waals surface area contributed by atoms with Crippen LogP contribution >= 0.6 is 11.8 Å². The number of ether oxygens (including phenoxy) is 3. The highest BCUT2D eigenvalue weighted by Gasteiger charge is 2.32. The molecule has 3 unspecified atom stereocenters. The normalized spacial score (nSPS) is 18.3. The first-order valence-electron chi connectivity index (χ1n) is 14.0. The molecule has 1 fully saturated rings. The number of nitrogens with one attached hydrogen (secondary N) is 2. The Morgan fingerprint density at radius 1 is 0.929 bits per heavy atom. The molecule has 9 nitrogen and oxygen atoms in total. The maximum atomic E-state index is 12.0. The van der Waals surface area contributed by atoms with E-state index in [1.54, 1.807) is 18.7 Å². The lowest BCUT2D eigenvalue weighted by atomic mass is 9.99. The zero-order chi connectivity index (χ0) is 29.7. The zero-order valence-electron chi connectivity index (χ0n) is 23.7. The summed E-state index contributed by atoms with van der Waals surface area (Å²) in [7, 11) is 0. The van der Waals surface area contributed by atoms with Crippen molar-refractivity contribution in [3.05, 3.63) is 95.1 Å². The van der Waals surface area contributed by atoms with Crippen molar-refractivity contribution in [2.45, 2.75) is 45.0 Å². The third kappa shape index (κ3) is 9.30. The number of rotatable bonds is 13. The van der Waals surface area contributed by atoms with Gasteiger partial charge < -0.3 is 35.1 Å². The molecular formula is C32H38N2O7S. The first kappa shape index (κ1) is 31.5. The van der Waals surface area contributed by atoms with Crippen LogP contribution in [0.4, 0.5) is 4.79 Å². The molecule has 4 N–H and O–H groups in total. The number of amides is 2. The minimum atomic E-state index is -0.543. The quantitative estimate of drug-likeness (QED) is 0.169. The van der Waals surface area contributed by atoms with E-state index in [1.165, 1.54) is 0 Å². The summed E-state index contributed by atoms with van der Waals surface area (Å²) < 4.78 is 17.6. The van der Waals surface area contributed by atoms with E-state index in [0.717, 1.165) is 39.1 Å². The van der Waals surface area contributed by atoms with Crippen molar-refractivity contribution in [1.29, 1.82) is 0 Å². The molecule has 1 heterocycles. The smallest absolute Gasteiger partial charge is 0.325 e. The third-order valence-electron chi connectivity index (χ3n) is 6.75. The van der Waals surface area contributed by atoms with E-state index >= 15 is 0 Å². The van der Waals surface area contributed by atoms with E-state index in [-0.39, 0.29) is 38.6 Å². The Hall–Kier alpha value is -3.41. The summed E-state index contributed by atoms with van der Waals surface area (Å²) in [5.41, 5.74) is 5.72. The summed E-state index contributed by atoms with van der Waals surface area (Å²) >= 11 is 1.66. The second-order valence-corrected chi connectivity index (χ2v) is 11.0. The van der Waals surface area contributed by atoms with Crippen LogP contribution in [0, 0.1) is 0 Å². The van der Waals surface area contributed by atoms with Crippen LogP contribution in [0.3, 0.4) is 0 Å². The number of aliphatic hydroxyl groups is 2. The number of aliphatic hydroxyl groups excluding tert-OH is 2. The van der Waals surface area contributed by atoms with Gasteiger partial charge in [-0.15, -0.1) is 0 Å². The van der Waals surface area contributed by atoms with Crippen molar-refractivity contribution in [1.82, 2.24) is 10.6 Å². The van der Waals surface area contributed by atoms with Gasteiger partial charge in [-0.05, 0) is 40.8 Å². The van der Waals surface area contributed by atoms with E-state index < -0.39 is 18.3 Å². The van der Waals surface area contributed by atoms with Crippen LogP contribution in [-0.4, -0.2) is 59.6 Å². The summed E-state index contributed by atoms with van der Waals surface area (Å²) in [5, 5.41) is 23.9. The van der Waals surface area contributed by atoms with Crippen molar-refractivity contribution in [2.24, 2.45) is 0 Å². The SMILES string of the molecule is CCOC(=O)CNC(=O)NCc1cccc(-c2ccc(C3OC(CSCCO)CC(c4ccc(CO)cc4)O3)cc2)c1. The molecule has 42 heavy (non-hydrogen) atoms. The molecule has 0 radical (unpaired) electrons. The second-order valence-electron chi connectivity index (χ2n) is 9.81. The fraction of sp³-hybridized carbons (Fsp3) is 0.375. The summed E-state index contributed by atoms with van der Waals surface area (Å²) in [6, 6.07) is 23.3. The summed E-state index contributed by atoms with van der Waals surface area (Å²) in [6.45, 7) is 2.23. The number of carbonyl (C=O) groups is 2. The Kier molecular flexibility index (Phi) is 12.2. The van der Waals surface area contributed by atoms with Crippen LogP contribution < -0.4 is 10.6 Å². The fourth-order valence-corrected chi connectivity index (χ4v) is 5.38. The molecule has 224 valence electrons. The van der Waals surface area contributed by atoms with Crippen LogP contribution in [0.15, 0.2) is 72.8 Å². The lowest BCUT2D eigenvalue weighted by Crippen LogP contribution is -2.38. The molecule has 0 aromatic heterocycles. The molecule has 4 rings (SSSR count). The van der Waals surface area contributed by atoms with E-state index in [2.05, 4.69) is 10.6 Å². The second kappa shape index (κ2) is 16.3. The van der Waals surface area contributed by atoms with Gasteiger partial charge in [-0.1, -0.05) is 66.7 Å². The molecule has 3 aromatic rings. The number of hydrogen-bond donors (Lipinski definition) is 4. The van der Waals surface area contributed by atoms with Gasteiger partial charge in [0.1, 0.15) is 6.54 Å². The molecule has 1 saturated heterocycles. The first-order chi connectivity index (χ1) is 20.5.